The molecule has 0 aromatic heterocycles. The van der Waals surface area contributed by atoms with Gasteiger partial charge < -0.3 is 0 Å². The molecule has 0 heteroatoms. The molecule has 0 saturated heterocycles. The highest BCUT2D eigenvalue weighted by Crippen LogP contribution is 2.47. The van der Waals surface area contributed by atoms with E-state index >= 15 is 0 Å². The van der Waals surface area contributed by atoms with Crippen molar-refractivity contribution >= 4 is 43.1 Å². The van der Waals surface area contributed by atoms with Gasteiger partial charge in [-0.05, 0) is 118 Å². The normalized spacial score (nSPS) is 12.0. The molecule has 8 rings (SSSR count). The van der Waals surface area contributed by atoms with Crippen LogP contribution in [-0.4, -0.2) is 0 Å². The molecule has 222 valence electrons. The van der Waals surface area contributed by atoms with Crippen LogP contribution in [0.1, 0.15) is 39.2 Å². The van der Waals surface area contributed by atoms with E-state index in [1.165, 1.54) is 82.0 Å². The van der Waals surface area contributed by atoms with E-state index in [2.05, 4.69) is 172 Å². The molecule has 0 amide bonds. The molecule has 8 aromatic rings. The molecule has 0 fully saturated rings. The Morgan fingerprint density at radius 2 is 0.978 bits per heavy atom. The van der Waals surface area contributed by atoms with Crippen LogP contribution in [0, 0.1) is 0 Å². The Labute approximate surface area is 272 Å². The van der Waals surface area contributed by atoms with E-state index in [0.29, 0.717) is 0 Å². The van der Waals surface area contributed by atoms with Crippen LogP contribution in [0.4, 0.5) is 0 Å². The van der Waals surface area contributed by atoms with Crippen LogP contribution >= 0.6 is 0 Å². The fraction of sp³-hybridized carbons (Fsp3) is 0.130. The third kappa shape index (κ3) is 4.60. The molecule has 8 aromatic carbocycles. The summed E-state index contributed by atoms with van der Waals surface area (Å²) in [5.74, 6) is 0. The van der Waals surface area contributed by atoms with E-state index in [4.69, 9.17) is 0 Å². The quantitative estimate of drug-likeness (QED) is 0.169. The molecule has 46 heavy (non-hydrogen) atoms. The van der Waals surface area contributed by atoms with Crippen molar-refractivity contribution in [1.29, 1.82) is 0 Å². The summed E-state index contributed by atoms with van der Waals surface area (Å²) in [6.45, 7) is 7.06. The molecule has 0 atom stereocenters. The minimum Gasteiger partial charge on any atom is -0.0645 e. The predicted molar refractivity (Wildman–Crippen MR) is 201 cm³/mol. The Bertz CT molecular complexity index is 2400. The fourth-order valence-corrected chi connectivity index (χ4v) is 7.48. The molecule has 0 aliphatic rings. The Hall–Kier alpha value is -5.20. The van der Waals surface area contributed by atoms with Crippen LogP contribution in [0.25, 0.3) is 76.5 Å². The summed E-state index contributed by atoms with van der Waals surface area (Å²) in [5.41, 5.74) is 9.18. The highest BCUT2D eigenvalue weighted by atomic mass is 14.3. The summed E-state index contributed by atoms with van der Waals surface area (Å²) in [5, 5.41) is 10.3. The SMILES string of the molecule is CCC(C)(CC)c1ccc2c(-c3cccc4ccccc34)c3ccccc3c(-c3cccc(-c4ccc5ccccc5c4)c3)c2c1. The van der Waals surface area contributed by atoms with Crippen LogP contribution in [-0.2, 0) is 5.41 Å². The summed E-state index contributed by atoms with van der Waals surface area (Å²) in [7, 11) is 0. The van der Waals surface area contributed by atoms with E-state index in [-0.39, 0.29) is 5.41 Å². The van der Waals surface area contributed by atoms with Gasteiger partial charge in [0.2, 0.25) is 0 Å². The summed E-state index contributed by atoms with van der Waals surface area (Å²) in [6.07, 6.45) is 2.21. The lowest BCUT2D eigenvalue weighted by Gasteiger charge is -2.29. The molecule has 0 bridgehead atoms. The van der Waals surface area contributed by atoms with E-state index in [1.54, 1.807) is 0 Å². The van der Waals surface area contributed by atoms with E-state index in [9.17, 15) is 0 Å². The zero-order chi connectivity index (χ0) is 31.3. The van der Waals surface area contributed by atoms with E-state index in [1.807, 2.05) is 0 Å². The highest BCUT2D eigenvalue weighted by Gasteiger charge is 2.25. The van der Waals surface area contributed by atoms with Gasteiger partial charge in [0.25, 0.3) is 0 Å². The maximum absolute atomic E-state index is 2.52. The Balaban J connectivity index is 1.46. The molecule has 0 heterocycles. The number of benzene rings is 8. The summed E-state index contributed by atoms with van der Waals surface area (Å²) >= 11 is 0. The van der Waals surface area contributed by atoms with Crippen molar-refractivity contribution in [2.45, 2.75) is 39.0 Å². The predicted octanol–water partition coefficient (Wildman–Crippen LogP) is 13.4. The number of fused-ring (bicyclic) bond motifs is 4. The van der Waals surface area contributed by atoms with E-state index in [0.717, 1.165) is 12.8 Å². The molecule has 0 radical (unpaired) electrons. The molecule has 0 saturated carbocycles. The van der Waals surface area contributed by atoms with Crippen LogP contribution in [0.5, 0.6) is 0 Å². The second-order valence-corrected chi connectivity index (χ2v) is 13.0. The van der Waals surface area contributed by atoms with Crippen molar-refractivity contribution in [3.8, 4) is 33.4 Å². The molecule has 0 unspecified atom stereocenters. The van der Waals surface area contributed by atoms with Crippen molar-refractivity contribution < 1.29 is 0 Å². The van der Waals surface area contributed by atoms with Crippen molar-refractivity contribution in [2.24, 2.45) is 0 Å². The number of hydrogen-bond acceptors (Lipinski definition) is 0. The first kappa shape index (κ1) is 28.3. The first-order chi connectivity index (χ1) is 22.6. The van der Waals surface area contributed by atoms with Gasteiger partial charge in [-0.2, -0.15) is 0 Å². The van der Waals surface area contributed by atoms with Crippen LogP contribution in [0.15, 0.2) is 152 Å². The first-order valence-electron chi connectivity index (χ1n) is 16.6. The smallest absolute Gasteiger partial charge is 0.00201 e. The topological polar surface area (TPSA) is 0 Å². The lowest BCUT2D eigenvalue weighted by molar-refractivity contribution is 0.439. The molecule has 0 N–H and O–H groups in total. The van der Waals surface area contributed by atoms with Gasteiger partial charge in [-0.1, -0.05) is 154 Å². The van der Waals surface area contributed by atoms with Gasteiger partial charge in [-0.25, -0.2) is 0 Å². The van der Waals surface area contributed by atoms with Gasteiger partial charge in [0.15, 0.2) is 0 Å². The molecule has 0 aliphatic heterocycles. The first-order valence-corrected chi connectivity index (χ1v) is 16.6. The van der Waals surface area contributed by atoms with Crippen LogP contribution in [0.2, 0.25) is 0 Å². The molecular weight excluding hydrogens is 553 g/mol. The molecule has 0 nitrogen and oxygen atoms in total. The van der Waals surface area contributed by atoms with Crippen molar-refractivity contribution in [3.05, 3.63) is 157 Å². The summed E-state index contributed by atoms with van der Waals surface area (Å²) in [6, 6.07) is 56.5. The maximum atomic E-state index is 2.52. The van der Waals surface area contributed by atoms with Crippen molar-refractivity contribution in [3.63, 3.8) is 0 Å². The Morgan fingerprint density at radius 3 is 1.76 bits per heavy atom. The van der Waals surface area contributed by atoms with Gasteiger partial charge in [0.1, 0.15) is 0 Å². The Kier molecular flexibility index (Phi) is 6.95. The molecular formula is C46H38. The largest absolute Gasteiger partial charge is 0.0645 e. The summed E-state index contributed by atoms with van der Waals surface area (Å²) < 4.78 is 0. The van der Waals surface area contributed by atoms with Crippen LogP contribution in [0.3, 0.4) is 0 Å². The maximum Gasteiger partial charge on any atom is -0.00201 e. The molecule has 0 spiro atoms. The third-order valence-corrected chi connectivity index (χ3v) is 10.6. The summed E-state index contributed by atoms with van der Waals surface area (Å²) in [4.78, 5) is 0. The monoisotopic (exact) mass is 590 g/mol. The van der Waals surface area contributed by atoms with Gasteiger partial charge >= 0.3 is 0 Å². The van der Waals surface area contributed by atoms with E-state index < -0.39 is 0 Å². The lowest BCUT2D eigenvalue weighted by atomic mass is 9.76. The number of hydrogen-bond donors (Lipinski definition) is 0. The second-order valence-electron chi connectivity index (χ2n) is 13.0. The average Bonchev–Trinajstić information content (AvgIpc) is 3.13. The van der Waals surface area contributed by atoms with Gasteiger partial charge in [0, 0.05) is 0 Å². The van der Waals surface area contributed by atoms with Gasteiger partial charge in [-0.3, -0.25) is 0 Å². The third-order valence-electron chi connectivity index (χ3n) is 10.6. The average molecular weight is 591 g/mol. The van der Waals surface area contributed by atoms with Crippen molar-refractivity contribution in [1.82, 2.24) is 0 Å². The fourth-order valence-electron chi connectivity index (χ4n) is 7.48. The second kappa shape index (κ2) is 11.3. The molecule has 0 aliphatic carbocycles. The number of rotatable bonds is 6. The standard InChI is InChI=1S/C46H38/c1-4-46(3,5-2)37-26-27-42-43(30-37)44(36-19-12-18-34(29-36)35-25-24-31-14-6-7-16-33(31)28-35)40-21-10-11-22-41(40)45(42)39-23-13-17-32-15-8-9-20-38(32)39/h6-30H,4-5H2,1-3H3. The zero-order valence-corrected chi connectivity index (χ0v) is 26.8. The van der Waals surface area contributed by atoms with Crippen LogP contribution < -0.4 is 0 Å². The zero-order valence-electron chi connectivity index (χ0n) is 26.8. The minimum absolute atomic E-state index is 0.115. The highest BCUT2D eigenvalue weighted by molar-refractivity contribution is 6.23. The van der Waals surface area contributed by atoms with Crippen molar-refractivity contribution in [2.75, 3.05) is 0 Å². The lowest BCUT2D eigenvalue weighted by Crippen LogP contribution is -2.19. The minimum atomic E-state index is 0.115. The van der Waals surface area contributed by atoms with Gasteiger partial charge in [-0.15, -0.1) is 0 Å². The van der Waals surface area contributed by atoms with Gasteiger partial charge in [0.05, 0.1) is 0 Å². The Morgan fingerprint density at radius 1 is 0.391 bits per heavy atom.